The van der Waals surface area contributed by atoms with Crippen LogP contribution in [-0.4, -0.2) is 39.7 Å². The zero-order valence-electron chi connectivity index (χ0n) is 12.1. The van der Waals surface area contributed by atoms with Crippen LogP contribution < -0.4 is 5.43 Å². The van der Waals surface area contributed by atoms with E-state index in [1.165, 1.54) is 6.42 Å². The fourth-order valence-corrected chi connectivity index (χ4v) is 2.50. The molecule has 21 heavy (non-hydrogen) atoms. The number of hydrogen-bond donors (Lipinski definition) is 2. The molecule has 0 spiro atoms. The molecule has 6 heteroatoms. The Balaban J connectivity index is 2.12. The van der Waals surface area contributed by atoms with Crippen molar-refractivity contribution in [3.8, 4) is 0 Å². The maximum atomic E-state index is 9.02. The van der Waals surface area contributed by atoms with Crippen molar-refractivity contribution in [3.63, 3.8) is 0 Å². The van der Waals surface area contributed by atoms with Gasteiger partial charge in [-0.05, 0) is 38.4 Å². The number of rotatable bonds is 3. The molecule has 0 amide bonds. The molecule has 0 aliphatic carbocycles. The summed E-state index contributed by atoms with van der Waals surface area (Å²) in [5, 5.41) is 17.2. The number of oxime groups is 1. The quantitative estimate of drug-likeness (QED) is 0.390. The lowest BCUT2D eigenvalue weighted by Gasteiger charge is -2.28. The number of benzene rings is 1. The van der Waals surface area contributed by atoms with Gasteiger partial charge in [-0.15, -0.1) is 0 Å². The van der Waals surface area contributed by atoms with Crippen molar-refractivity contribution in [3.05, 3.63) is 35.9 Å². The van der Waals surface area contributed by atoms with E-state index in [9.17, 15) is 0 Å². The van der Waals surface area contributed by atoms with E-state index in [1.54, 1.807) is 6.92 Å². The summed E-state index contributed by atoms with van der Waals surface area (Å²) in [6.07, 6.45) is 3.58. The molecule has 1 heterocycles. The molecular weight excluding hydrogens is 284 g/mol. The Labute approximate surface area is 130 Å². The van der Waals surface area contributed by atoms with Gasteiger partial charge in [-0.3, -0.25) is 5.43 Å². The molecule has 1 aliphatic rings. The van der Waals surface area contributed by atoms with E-state index < -0.39 is 0 Å². The third-order valence-electron chi connectivity index (χ3n) is 3.45. The SMILES string of the molecule is CC(=N/O)/C(=N\NC(=S)N1CCCCC1)c1ccccc1. The Hall–Kier alpha value is -1.95. The Morgan fingerprint density at radius 3 is 2.48 bits per heavy atom. The topological polar surface area (TPSA) is 60.2 Å². The zero-order valence-corrected chi connectivity index (χ0v) is 12.9. The monoisotopic (exact) mass is 304 g/mol. The first-order chi connectivity index (χ1) is 10.2. The first-order valence-corrected chi connectivity index (χ1v) is 7.50. The minimum atomic E-state index is 0.440. The molecule has 1 aliphatic heterocycles. The van der Waals surface area contributed by atoms with E-state index in [0.717, 1.165) is 31.5 Å². The van der Waals surface area contributed by atoms with E-state index in [-0.39, 0.29) is 0 Å². The van der Waals surface area contributed by atoms with Crippen LogP contribution in [0.5, 0.6) is 0 Å². The van der Waals surface area contributed by atoms with Crippen molar-refractivity contribution in [1.82, 2.24) is 10.3 Å². The smallest absolute Gasteiger partial charge is 0.189 e. The van der Waals surface area contributed by atoms with Crippen molar-refractivity contribution in [1.29, 1.82) is 0 Å². The van der Waals surface area contributed by atoms with Gasteiger partial charge in [0.15, 0.2) is 5.11 Å². The molecule has 1 saturated heterocycles. The number of likely N-dealkylation sites (tertiary alicyclic amines) is 1. The van der Waals surface area contributed by atoms with Gasteiger partial charge in [0.25, 0.3) is 0 Å². The highest BCUT2D eigenvalue weighted by atomic mass is 32.1. The van der Waals surface area contributed by atoms with Crippen molar-refractivity contribution in [2.75, 3.05) is 13.1 Å². The molecule has 5 nitrogen and oxygen atoms in total. The lowest BCUT2D eigenvalue weighted by atomic mass is 10.1. The third kappa shape index (κ3) is 4.26. The van der Waals surface area contributed by atoms with Gasteiger partial charge in [0, 0.05) is 18.7 Å². The Morgan fingerprint density at radius 1 is 1.19 bits per heavy atom. The number of nitrogens with zero attached hydrogens (tertiary/aromatic N) is 3. The van der Waals surface area contributed by atoms with Crippen LogP contribution in [0.2, 0.25) is 0 Å². The number of hydrazone groups is 1. The molecule has 112 valence electrons. The first-order valence-electron chi connectivity index (χ1n) is 7.09. The van der Waals surface area contributed by atoms with Crippen LogP contribution in [0.15, 0.2) is 40.6 Å². The summed E-state index contributed by atoms with van der Waals surface area (Å²) in [7, 11) is 0. The number of hydrogen-bond acceptors (Lipinski definition) is 4. The molecule has 0 saturated carbocycles. The highest BCUT2D eigenvalue weighted by molar-refractivity contribution is 7.80. The van der Waals surface area contributed by atoms with Crippen LogP contribution in [-0.2, 0) is 0 Å². The highest BCUT2D eigenvalue weighted by Crippen LogP contribution is 2.09. The molecule has 1 aromatic carbocycles. The Morgan fingerprint density at radius 2 is 1.86 bits per heavy atom. The number of piperidine rings is 1. The molecule has 0 bridgehead atoms. The highest BCUT2D eigenvalue weighted by Gasteiger charge is 2.14. The standard InChI is InChI=1S/C15H20N4OS/c1-12(18-20)14(13-8-4-2-5-9-13)16-17-15(21)19-10-6-3-7-11-19/h2,4-5,8-9,20H,3,6-7,10-11H2,1H3,(H,17,21)/b16-14+,18-12-. The van der Waals surface area contributed by atoms with Gasteiger partial charge in [-0.25, -0.2) is 0 Å². The van der Waals surface area contributed by atoms with Gasteiger partial charge in [-0.2, -0.15) is 5.10 Å². The summed E-state index contributed by atoms with van der Waals surface area (Å²) in [5.41, 5.74) is 4.82. The van der Waals surface area contributed by atoms with Crippen LogP contribution in [0.3, 0.4) is 0 Å². The summed E-state index contributed by atoms with van der Waals surface area (Å²) in [5.74, 6) is 0. The van der Waals surface area contributed by atoms with Crippen LogP contribution >= 0.6 is 12.2 Å². The second kappa shape index (κ2) is 7.73. The van der Waals surface area contributed by atoms with Crippen molar-refractivity contribution >= 4 is 28.8 Å². The number of nitrogens with one attached hydrogen (secondary N) is 1. The molecule has 1 fully saturated rings. The van der Waals surface area contributed by atoms with Crippen molar-refractivity contribution < 1.29 is 5.21 Å². The Bertz CT molecular complexity index is 536. The Kier molecular flexibility index (Phi) is 5.68. The van der Waals surface area contributed by atoms with E-state index in [4.69, 9.17) is 17.4 Å². The second-order valence-corrected chi connectivity index (χ2v) is 5.36. The van der Waals surface area contributed by atoms with Gasteiger partial charge in [-0.1, -0.05) is 35.5 Å². The van der Waals surface area contributed by atoms with Gasteiger partial charge >= 0.3 is 0 Å². The van der Waals surface area contributed by atoms with Gasteiger partial charge < -0.3 is 10.1 Å². The van der Waals surface area contributed by atoms with Crippen molar-refractivity contribution in [2.24, 2.45) is 10.3 Å². The molecule has 2 rings (SSSR count). The van der Waals surface area contributed by atoms with E-state index >= 15 is 0 Å². The molecular formula is C15H20N4OS. The molecule has 0 unspecified atom stereocenters. The largest absolute Gasteiger partial charge is 0.411 e. The minimum Gasteiger partial charge on any atom is -0.411 e. The van der Waals surface area contributed by atoms with E-state index in [0.29, 0.717) is 16.5 Å². The predicted molar refractivity (Wildman–Crippen MR) is 89.0 cm³/mol. The summed E-state index contributed by atoms with van der Waals surface area (Å²) in [6.45, 7) is 3.64. The molecule has 0 atom stereocenters. The van der Waals surface area contributed by atoms with Gasteiger partial charge in [0.1, 0.15) is 11.4 Å². The van der Waals surface area contributed by atoms with Gasteiger partial charge in [0.05, 0.1) is 0 Å². The second-order valence-electron chi connectivity index (χ2n) is 4.98. The number of thiocarbonyl (C=S) groups is 1. The maximum Gasteiger partial charge on any atom is 0.189 e. The minimum absolute atomic E-state index is 0.440. The third-order valence-corrected chi connectivity index (χ3v) is 3.80. The zero-order chi connectivity index (χ0) is 15.1. The molecule has 2 N–H and O–H groups in total. The van der Waals surface area contributed by atoms with Crippen LogP contribution in [0.1, 0.15) is 31.7 Å². The van der Waals surface area contributed by atoms with Gasteiger partial charge in [0.2, 0.25) is 0 Å². The maximum absolute atomic E-state index is 9.02. The lowest BCUT2D eigenvalue weighted by molar-refractivity contribution is 0.320. The fourth-order valence-electron chi connectivity index (χ4n) is 2.27. The van der Waals surface area contributed by atoms with E-state index in [2.05, 4.69) is 20.6 Å². The summed E-state index contributed by atoms with van der Waals surface area (Å²) in [6, 6.07) is 9.59. The van der Waals surface area contributed by atoms with Crippen LogP contribution in [0, 0.1) is 0 Å². The predicted octanol–water partition coefficient (Wildman–Crippen LogP) is 2.60. The molecule has 0 radical (unpaired) electrons. The average Bonchev–Trinajstić information content (AvgIpc) is 2.56. The fraction of sp³-hybridized carbons (Fsp3) is 0.400. The normalized spacial score (nSPS) is 16.7. The van der Waals surface area contributed by atoms with Crippen LogP contribution in [0.4, 0.5) is 0 Å². The van der Waals surface area contributed by atoms with Crippen molar-refractivity contribution in [2.45, 2.75) is 26.2 Å². The average molecular weight is 304 g/mol. The lowest BCUT2D eigenvalue weighted by Crippen LogP contribution is -2.41. The molecule has 1 aromatic rings. The summed E-state index contributed by atoms with van der Waals surface area (Å²) in [4.78, 5) is 2.12. The van der Waals surface area contributed by atoms with E-state index in [1.807, 2.05) is 30.3 Å². The van der Waals surface area contributed by atoms with Crippen LogP contribution in [0.25, 0.3) is 0 Å². The summed E-state index contributed by atoms with van der Waals surface area (Å²) < 4.78 is 0. The summed E-state index contributed by atoms with van der Waals surface area (Å²) >= 11 is 5.37. The molecule has 0 aromatic heterocycles. The first kappa shape index (κ1) is 15.4.